The maximum absolute atomic E-state index is 4.58. The first-order chi connectivity index (χ1) is 12.6. The fourth-order valence-electron chi connectivity index (χ4n) is 2.60. The third-order valence-corrected chi connectivity index (χ3v) is 4.41. The van der Waals surface area contributed by atoms with Crippen molar-refractivity contribution >= 4 is 5.96 Å². The summed E-state index contributed by atoms with van der Waals surface area (Å²) in [5.41, 5.74) is 1.34. The van der Waals surface area contributed by atoms with Gasteiger partial charge in [0.1, 0.15) is 18.7 Å². The standard InChI is InChI=1S/C19H31N7/c1-5-20-19(22-13-18-23-15-24-26(18)4)21-12-11-16(2)25(3)14-17-9-7-6-8-10-17/h6-10,15-16H,5,11-14H2,1-4H3,(H2,20,21,22). The molecular weight excluding hydrogens is 326 g/mol. The van der Waals surface area contributed by atoms with Gasteiger partial charge in [-0.15, -0.1) is 0 Å². The van der Waals surface area contributed by atoms with Gasteiger partial charge in [0, 0.05) is 32.7 Å². The predicted octanol–water partition coefficient (Wildman–Crippen LogP) is 1.78. The van der Waals surface area contributed by atoms with Gasteiger partial charge in [-0.3, -0.25) is 9.58 Å². The van der Waals surface area contributed by atoms with E-state index in [9.17, 15) is 0 Å². The second-order valence-corrected chi connectivity index (χ2v) is 6.46. The minimum absolute atomic E-state index is 0.476. The van der Waals surface area contributed by atoms with Gasteiger partial charge in [-0.1, -0.05) is 30.3 Å². The lowest BCUT2D eigenvalue weighted by Crippen LogP contribution is -2.40. The van der Waals surface area contributed by atoms with Gasteiger partial charge in [0.25, 0.3) is 0 Å². The van der Waals surface area contributed by atoms with E-state index in [2.05, 4.69) is 81.8 Å². The van der Waals surface area contributed by atoms with E-state index in [1.54, 1.807) is 11.0 Å². The van der Waals surface area contributed by atoms with Crippen molar-refractivity contribution in [3.63, 3.8) is 0 Å². The zero-order chi connectivity index (χ0) is 18.8. The van der Waals surface area contributed by atoms with Crippen LogP contribution >= 0.6 is 0 Å². The molecule has 1 heterocycles. The third-order valence-electron chi connectivity index (χ3n) is 4.41. The fourth-order valence-corrected chi connectivity index (χ4v) is 2.60. The number of guanidine groups is 1. The van der Waals surface area contributed by atoms with E-state index in [0.29, 0.717) is 12.6 Å². The lowest BCUT2D eigenvalue weighted by atomic mass is 10.1. The first kappa shape index (κ1) is 19.9. The molecule has 0 aliphatic heterocycles. The Kier molecular flexibility index (Phi) is 8.08. The first-order valence-corrected chi connectivity index (χ1v) is 9.19. The van der Waals surface area contributed by atoms with Crippen LogP contribution < -0.4 is 10.6 Å². The molecule has 7 nitrogen and oxygen atoms in total. The average molecular weight is 358 g/mol. The summed E-state index contributed by atoms with van der Waals surface area (Å²) in [6.45, 7) is 7.49. The van der Waals surface area contributed by atoms with Crippen molar-refractivity contribution in [3.8, 4) is 0 Å². The second-order valence-electron chi connectivity index (χ2n) is 6.46. The maximum atomic E-state index is 4.58. The molecule has 7 heteroatoms. The summed E-state index contributed by atoms with van der Waals surface area (Å²) in [4.78, 5) is 11.2. The van der Waals surface area contributed by atoms with Crippen molar-refractivity contribution < 1.29 is 0 Å². The predicted molar refractivity (Wildman–Crippen MR) is 106 cm³/mol. The van der Waals surface area contributed by atoms with Crippen LogP contribution in [0.25, 0.3) is 0 Å². The maximum Gasteiger partial charge on any atom is 0.191 e. The normalized spacial score (nSPS) is 13.0. The Morgan fingerprint density at radius 2 is 2.04 bits per heavy atom. The van der Waals surface area contributed by atoms with E-state index in [1.165, 1.54) is 5.56 Å². The molecular formula is C19H31N7. The van der Waals surface area contributed by atoms with Crippen LogP contribution in [0.15, 0.2) is 41.7 Å². The van der Waals surface area contributed by atoms with Crippen LogP contribution in [0.4, 0.5) is 0 Å². The number of rotatable bonds is 9. The van der Waals surface area contributed by atoms with Crippen LogP contribution in [0.2, 0.25) is 0 Å². The molecule has 0 aliphatic carbocycles. The van der Waals surface area contributed by atoms with E-state index in [4.69, 9.17) is 0 Å². The van der Waals surface area contributed by atoms with Gasteiger partial charge in [0.2, 0.25) is 0 Å². The number of benzene rings is 1. The van der Waals surface area contributed by atoms with E-state index >= 15 is 0 Å². The smallest absolute Gasteiger partial charge is 0.191 e. The van der Waals surface area contributed by atoms with Crippen LogP contribution in [0, 0.1) is 0 Å². The molecule has 0 fully saturated rings. The van der Waals surface area contributed by atoms with Crippen molar-refractivity contribution in [2.75, 3.05) is 20.1 Å². The molecule has 1 atom stereocenters. The Labute approximate surface area is 156 Å². The molecule has 0 aliphatic rings. The highest BCUT2D eigenvalue weighted by molar-refractivity contribution is 5.79. The van der Waals surface area contributed by atoms with Gasteiger partial charge in [-0.25, -0.2) is 9.98 Å². The summed E-state index contributed by atoms with van der Waals surface area (Å²) in [6.07, 6.45) is 2.59. The lowest BCUT2D eigenvalue weighted by molar-refractivity contribution is 0.238. The second kappa shape index (κ2) is 10.6. The number of nitrogens with one attached hydrogen (secondary N) is 2. The van der Waals surface area contributed by atoms with Crippen LogP contribution in [-0.2, 0) is 20.1 Å². The molecule has 1 aromatic heterocycles. The van der Waals surface area contributed by atoms with Gasteiger partial charge in [0.15, 0.2) is 5.96 Å². The van der Waals surface area contributed by atoms with E-state index < -0.39 is 0 Å². The topological polar surface area (TPSA) is 70.4 Å². The zero-order valence-corrected chi connectivity index (χ0v) is 16.3. The van der Waals surface area contributed by atoms with Crippen molar-refractivity contribution in [1.82, 2.24) is 30.3 Å². The van der Waals surface area contributed by atoms with Crippen LogP contribution in [0.1, 0.15) is 31.7 Å². The summed E-state index contributed by atoms with van der Waals surface area (Å²) >= 11 is 0. The van der Waals surface area contributed by atoms with E-state index in [1.807, 2.05) is 7.05 Å². The Bertz CT molecular complexity index is 666. The quantitative estimate of drug-likeness (QED) is 0.529. The molecule has 0 saturated carbocycles. The monoisotopic (exact) mass is 357 g/mol. The minimum atomic E-state index is 0.476. The first-order valence-electron chi connectivity index (χ1n) is 9.19. The van der Waals surface area contributed by atoms with Crippen LogP contribution in [-0.4, -0.2) is 51.8 Å². The lowest BCUT2D eigenvalue weighted by Gasteiger charge is -2.25. The summed E-state index contributed by atoms with van der Waals surface area (Å²) in [5, 5.41) is 10.8. The average Bonchev–Trinajstić information content (AvgIpc) is 3.05. The molecule has 2 rings (SSSR count). The Balaban J connectivity index is 1.78. The minimum Gasteiger partial charge on any atom is -0.357 e. The van der Waals surface area contributed by atoms with Crippen molar-refractivity contribution in [2.24, 2.45) is 12.0 Å². The number of hydrogen-bond donors (Lipinski definition) is 2. The van der Waals surface area contributed by atoms with Gasteiger partial charge >= 0.3 is 0 Å². The number of hydrogen-bond acceptors (Lipinski definition) is 4. The molecule has 2 N–H and O–H groups in total. The Hall–Kier alpha value is -2.41. The fraction of sp³-hybridized carbons (Fsp3) is 0.526. The molecule has 26 heavy (non-hydrogen) atoms. The van der Waals surface area contributed by atoms with E-state index in [-0.39, 0.29) is 0 Å². The third kappa shape index (κ3) is 6.48. The summed E-state index contributed by atoms with van der Waals surface area (Å²) in [7, 11) is 4.05. The highest BCUT2D eigenvalue weighted by Crippen LogP contribution is 2.07. The highest BCUT2D eigenvalue weighted by Gasteiger charge is 2.10. The van der Waals surface area contributed by atoms with Crippen molar-refractivity contribution in [2.45, 2.75) is 39.4 Å². The molecule has 0 bridgehead atoms. The molecule has 1 unspecified atom stereocenters. The molecule has 142 valence electrons. The number of nitrogens with zero attached hydrogens (tertiary/aromatic N) is 5. The van der Waals surface area contributed by atoms with Gasteiger partial charge in [-0.2, -0.15) is 5.10 Å². The molecule has 0 spiro atoms. The Morgan fingerprint density at radius 3 is 2.69 bits per heavy atom. The van der Waals surface area contributed by atoms with Gasteiger partial charge in [-0.05, 0) is 32.9 Å². The van der Waals surface area contributed by atoms with E-state index in [0.717, 1.165) is 37.8 Å². The molecule has 2 aromatic rings. The molecule has 1 aromatic carbocycles. The van der Waals surface area contributed by atoms with Crippen LogP contribution in [0.5, 0.6) is 0 Å². The largest absolute Gasteiger partial charge is 0.357 e. The van der Waals surface area contributed by atoms with Crippen molar-refractivity contribution in [3.05, 3.63) is 48.0 Å². The molecule has 0 saturated heterocycles. The zero-order valence-electron chi connectivity index (χ0n) is 16.3. The SMILES string of the molecule is CCNC(=NCc1ncnn1C)NCCC(C)N(C)Cc1ccccc1. The number of aromatic nitrogens is 3. The summed E-state index contributed by atoms with van der Waals surface area (Å²) < 4.78 is 1.74. The summed E-state index contributed by atoms with van der Waals surface area (Å²) in [6, 6.07) is 11.1. The molecule has 0 radical (unpaired) electrons. The Morgan fingerprint density at radius 1 is 1.27 bits per heavy atom. The van der Waals surface area contributed by atoms with Crippen molar-refractivity contribution in [1.29, 1.82) is 0 Å². The summed E-state index contributed by atoms with van der Waals surface area (Å²) in [5.74, 6) is 1.66. The van der Waals surface area contributed by atoms with Gasteiger partial charge in [0.05, 0.1) is 0 Å². The van der Waals surface area contributed by atoms with Crippen LogP contribution in [0.3, 0.4) is 0 Å². The van der Waals surface area contributed by atoms with Gasteiger partial charge < -0.3 is 10.6 Å². The molecule has 0 amide bonds. The number of aryl methyl sites for hydroxylation is 1. The highest BCUT2D eigenvalue weighted by atomic mass is 15.3. The number of aliphatic imine (C=N–C) groups is 1.